The van der Waals surface area contributed by atoms with Gasteiger partial charge < -0.3 is 4.74 Å². The van der Waals surface area contributed by atoms with Crippen LogP contribution < -0.4 is 0 Å². The van der Waals surface area contributed by atoms with Crippen LogP contribution in [0.25, 0.3) is 0 Å². The molecule has 0 bridgehead atoms. The Morgan fingerprint density at radius 1 is 1.32 bits per heavy atom. The molecule has 0 aromatic heterocycles. The average molecular weight is 364 g/mol. The molecule has 0 spiro atoms. The lowest BCUT2D eigenvalue weighted by molar-refractivity contribution is -0.136. The molecule has 136 valence electrons. The molecule has 6 nitrogen and oxygen atoms in total. The zero-order valence-electron chi connectivity index (χ0n) is 15.0. The minimum Gasteiger partial charge on any atom is -0.466 e. The summed E-state index contributed by atoms with van der Waals surface area (Å²) in [5.74, 6) is -0.481. The lowest BCUT2D eigenvalue weighted by Crippen LogP contribution is -2.42. The second-order valence-corrected chi connectivity index (χ2v) is 8.56. The average Bonchev–Trinajstić information content (AvgIpc) is 2.83. The van der Waals surface area contributed by atoms with Crippen LogP contribution >= 0.6 is 0 Å². The van der Waals surface area contributed by atoms with E-state index in [1.54, 1.807) is 0 Å². The summed E-state index contributed by atoms with van der Waals surface area (Å²) in [7, 11) is -2.24. The highest BCUT2D eigenvalue weighted by atomic mass is 32.2. The molecule has 1 aliphatic heterocycles. The molecule has 0 fully saturated rings. The van der Waals surface area contributed by atoms with Gasteiger partial charge in [0.25, 0.3) is 0 Å². The summed E-state index contributed by atoms with van der Waals surface area (Å²) in [6.45, 7) is 7.65. The van der Waals surface area contributed by atoms with Crippen molar-refractivity contribution in [3.8, 4) is 0 Å². The van der Waals surface area contributed by atoms with Crippen molar-refractivity contribution in [2.24, 2.45) is 10.5 Å². The van der Waals surface area contributed by atoms with Crippen LogP contribution in [0.2, 0.25) is 0 Å². The molecule has 25 heavy (non-hydrogen) atoms. The lowest BCUT2D eigenvalue weighted by atomic mass is 9.76. The first-order valence-corrected chi connectivity index (χ1v) is 9.84. The van der Waals surface area contributed by atoms with Gasteiger partial charge in [0.2, 0.25) is 10.0 Å². The largest absolute Gasteiger partial charge is 0.466 e. The predicted molar refractivity (Wildman–Crippen MR) is 97.6 cm³/mol. The predicted octanol–water partition coefficient (Wildman–Crippen LogP) is 2.57. The molecule has 0 unspecified atom stereocenters. The summed E-state index contributed by atoms with van der Waals surface area (Å²) < 4.78 is 30.3. The van der Waals surface area contributed by atoms with Crippen LogP contribution in [0.15, 0.2) is 47.6 Å². The van der Waals surface area contributed by atoms with Gasteiger partial charge in [-0.15, -0.1) is 0 Å². The van der Waals surface area contributed by atoms with E-state index in [4.69, 9.17) is 0 Å². The molecule has 0 aliphatic carbocycles. The van der Waals surface area contributed by atoms with Crippen LogP contribution in [0.5, 0.6) is 0 Å². The fraction of sp³-hybridized carbons (Fsp3) is 0.444. The Kier molecular flexibility index (Phi) is 5.37. The van der Waals surface area contributed by atoms with Gasteiger partial charge in [-0.1, -0.05) is 50.8 Å². The van der Waals surface area contributed by atoms with Crippen LogP contribution in [-0.2, 0) is 19.6 Å². The smallest absolute Gasteiger partial charge is 0.333 e. The van der Waals surface area contributed by atoms with Gasteiger partial charge in [-0.25, -0.2) is 13.2 Å². The van der Waals surface area contributed by atoms with E-state index in [0.29, 0.717) is 24.1 Å². The molecule has 1 atom stereocenters. The minimum absolute atomic E-state index is 0.319. The molecule has 0 saturated heterocycles. The molecule has 1 aromatic rings. The lowest BCUT2D eigenvalue weighted by Gasteiger charge is -2.32. The Balaban J connectivity index is 2.35. The number of nitrogens with zero attached hydrogens (tertiary/aromatic N) is 2. The van der Waals surface area contributed by atoms with E-state index >= 15 is 0 Å². The number of hydrazone groups is 1. The van der Waals surface area contributed by atoms with Crippen molar-refractivity contribution in [3.05, 3.63) is 48.0 Å². The number of hydrogen-bond acceptors (Lipinski definition) is 5. The van der Waals surface area contributed by atoms with Crippen LogP contribution in [0.4, 0.5) is 0 Å². The number of hydrogen-bond donors (Lipinski definition) is 0. The molecule has 0 radical (unpaired) electrons. The van der Waals surface area contributed by atoms with Crippen LogP contribution in [0.1, 0.15) is 32.3 Å². The van der Waals surface area contributed by atoms with Gasteiger partial charge in [-0.05, 0) is 18.4 Å². The standard InChI is InChI=1S/C18H24N2O4S/c1-13(17(21)24-4)11-12-15-18(2,3)16(14-9-7-6-8-10-14)19-20(15)25(5,22)23/h6-10,15H,1,11-12H2,2-5H3/t15-/m0/s1. The molecule has 1 aromatic carbocycles. The number of esters is 1. The van der Waals surface area contributed by atoms with Crippen molar-refractivity contribution in [2.75, 3.05) is 13.4 Å². The first-order valence-electron chi connectivity index (χ1n) is 7.99. The molecule has 2 rings (SSSR count). The Hall–Kier alpha value is -2.15. The van der Waals surface area contributed by atoms with Gasteiger partial charge >= 0.3 is 5.97 Å². The Bertz CT molecular complexity index is 798. The van der Waals surface area contributed by atoms with Crippen LogP contribution in [-0.4, -0.2) is 43.9 Å². The number of carbonyl (C=O) groups excluding carboxylic acids is 1. The summed E-state index contributed by atoms with van der Waals surface area (Å²) in [6.07, 6.45) is 1.90. The maximum Gasteiger partial charge on any atom is 0.333 e. The van der Waals surface area contributed by atoms with Crippen molar-refractivity contribution >= 4 is 21.7 Å². The minimum atomic E-state index is -3.54. The quantitative estimate of drug-likeness (QED) is 0.574. The molecular formula is C18H24N2O4S. The summed E-state index contributed by atoms with van der Waals surface area (Å²) >= 11 is 0. The third kappa shape index (κ3) is 3.92. The zero-order chi connectivity index (χ0) is 18.8. The van der Waals surface area contributed by atoms with Gasteiger partial charge in [0.15, 0.2) is 0 Å². The number of ether oxygens (including phenoxy) is 1. The molecule has 7 heteroatoms. The van der Waals surface area contributed by atoms with Crippen LogP contribution in [0.3, 0.4) is 0 Å². The van der Waals surface area contributed by atoms with Crippen molar-refractivity contribution in [2.45, 2.75) is 32.7 Å². The van der Waals surface area contributed by atoms with Crippen molar-refractivity contribution in [1.29, 1.82) is 0 Å². The zero-order valence-corrected chi connectivity index (χ0v) is 15.8. The highest BCUT2D eigenvalue weighted by Gasteiger charge is 2.47. The second kappa shape index (κ2) is 7.00. The third-order valence-electron chi connectivity index (χ3n) is 4.49. The van der Waals surface area contributed by atoms with Gasteiger partial charge in [-0.2, -0.15) is 9.52 Å². The van der Waals surface area contributed by atoms with E-state index in [1.165, 1.54) is 11.5 Å². The second-order valence-electron chi connectivity index (χ2n) is 6.72. The number of methoxy groups -OCH3 is 1. The maximum absolute atomic E-state index is 12.2. The van der Waals surface area contributed by atoms with Crippen LogP contribution in [0, 0.1) is 5.41 Å². The Morgan fingerprint density at radius 3 is 2.44 bits per heavy atom. The third-order valence-corrected chi connectivity index (χ3v) is 5.50. The highest BCUT2D eigenvalue weighted by Crippen LogP contribution is 2.40. The number of rotatable bonds is 6. The molecular weight excluding hydrogens is 340 g/mol. The topological polar surface area (TPSA) is 76.0 Å². The highest BCUT2D eigenvalue weighted by molar-refractivity contribution is 7.88. The number of benzene rings is 1. The molecule has 0 N–H and O–H groups in total. The number of sulfonamides is 1. The van der Waals surface area contributed by atoms with E-state index in [2.05, 4.69) is 16.4 Å². The first kappa shape index (κ1) is 19.2. The molecule has 0 amide bonds. The summed E-state index contributed by atoms with van der Waals surface area (Å²) in [4.78, 5) is 11.6. The fourth-order valence-electron chi connectivity index (χ4n) is 3.09. The van der Waals surface area contributed by atoms with Gasteiger partial charge in [0, 0.05) is 11.0 Å². The monoisotopic (exact) mass is 364 g/mol. The van der Waals surface area contributed by atoms with E-state index in [1.807, 2.05) is 44.2 Å². The molecule has 0 saturated carbocycles. The Morgan fingerprint density at radius 2 is 1.92 bits per heavy atom. The van der Waals surface area contributed by atoms with E-state index < -0.39 is 27.4 Å². The van der Waals surface area contributed by atoms with E-state index in [0.717, 1.165) is 11.8 Å². The van der Waals surface area contributed by atoms with E-state index in [9.17, 15) is 13.2 Å². The van der Waals surface area contributed by atoms with Gasteiger partial charge in [-0.3, -0.25) is 0 Å². The summed E-state index contributed by atoms with van der Waals surface area (Å²) in [5.41, 5.74) is 1.41. The SMILES string of the molecule is C=C(CC[C@@H]1N(S(C)(=O)=O)N=C(c2ccccc2)C1(C)C)C(=O)OC. The fourth-order valence-corrected chi connectivity index (χ4v) is 4.15. The normalized spacial score (nSPS) is 19.4. The molecule has 1 aliphatic rings. The maximum atomic E-state index is 12.2. The summed E-state index contributed by atoms with van der Waals surface area (Å²) in [6, 6.07) is 9.11. The van der Waals surface area contributed by atoms with E-state index in [-0.39, 0.29) is 0 Å². The Labute approximate surface area is 149 Å². The van der Waals surface area contributed by atoms with Gasteiger partial charge in [0.05, 0.1) is 25.1 Å². The van der Waals surface area contributed by atoms with Crippen molar-refractivity contribution in [1.82, 2.24) is 4.41 Å². The molecule has 1 heterocycles. The van der Waals surface area contributed by atoms with Gasteiger partial charge in [0.1, 0.15) is 0 Å². The van der Waals surface area contributed by atoms with Crippen molar-refractivity contribution in [3.63, 3.8) is 0 Å². The first-order chi connectivity index (χ1) is 11.6. The number of carbonyl (C=O) groups is 1. The summed E-state index contributed by atoms with van der Waals surface area (Å²) in [5, 5.41) is 4.42. The van der Waals surface area contributed by atoms with Crippen molar-refractivity contribution < 1.29 is 17.9 Å².